The van der Waals surface area contributed by atoms with Crippen molar-refractivity contribution < 1.29 is 4.74 Å². The Morgan fingerprint density at radius 1 is 1.33 bits per heavy atom. The predicted molar refractivity (Wildman–Crippen MR) is 78.4 cm³/mol. The zero-order chi connectivity index (χ0) is 13.1. The van der Waals surface area contributed by atoms with Gasteiger partial charge in [0.25, 0.3) is 0 Å². The topological polar surface area (TPSA) is 24.8 Å². The molecular weight excluding hydrogens is 244 g/mol. The maximum atomic E-state index is 5.29. The van der Waals surface area contributed by atoms with E-state index in [2.05, 4.69) is 35.9 Å². The number of thiocarbonyl (C=S) groups is 1. The minimum absolute atomic E-state index is 0.158. The van der Waals surface area contributed by atoms with Crippen molar-refractivity contribution >= 4 is 23.5 Å². The molecule has 1 atom stereocenters. The maximum Gasteiger partial charge on any atom is 0.195 e. The summed E-state index contributed by atoms with van der Waals surface area (Å²) in [6.45, 7) is 5.30. The van der Waals surface area contributed by atoms with Crippen LogP contribution in [0.5, 0.6) is 5.75 Å². The number of hydrogen-bond acceptors (Lipinski definition) is 2. The van der Waals surface area contributed by atoms with Crippen molar-refractivity contribution in [2.75, 3.05) is 13.7 Å². The van der Waals surface area contributed by atoms with E-state index in [9.17, 15) is 0 Å². The highest BCUT2D eigenvalue weighted by molar-refractivity contribution is 7.80. The lowest BCUT2D eigenvalue weighted by molar-refractivity contribution is 0.352. The number of aliphatic imine (C=N–C) groups is 1. The van der Waals surface area contributed by atoms with Crippen LogP contribution in [0.4, 0.5) is 0 Å². The zero-order valence-corrected chi connectivity index (χ0v) is 11.8. The van der Waals surface area contributed by atoms with Gasteiger partial charge in [-0.1, -0.05) is 26.0 Å². The quantitative estimate of drug-likeness (QED) is 0.780. The second kappa shape index (κ2) is 5.48. The van der Waals surface area contributed by atoms with Gasteiger partial charge in [-0.05, 0) is 35.8 Å². The number of hydrogen-bond donors (Lipinski definition) is 0. The Hall–Kier alpha value is -1.42. The van der Waals surface area contributed by atoms with Crippen LogP contribution >= 0.6 is 12.2 Å². The van der Waals surface area contributed by atoms with Crippen molar-refractivity contribution in [2.24, 2.45) is 10.9 Å². The Balaban J connectivity index is 2.19. The summed E-state index contributed by atoms with van der Waals surface area (Å²) in [5.74, 6) is 1.43. The molecule has 0 bridgehead atoms. The first kappa shape index (κ1) is 13.0. The lowest BCUT2D eigenvalue weighted by Gasteiger charge is -2.26. The first-order chi connectivity index (χ1) is 8.61. The number of ether oxygens (including phenoxy) is 1. The van der Waals surface area contributed by atoms with E-state index in [-0.39, 0.29) is 6.04 Å². The summed E-state index contributed by atoms with van der Waals surface area (Å²) in [5, 5.41) is 0.685. The summed E-state index contributed by atoms with van der Waals surface area (Å²) in [5.41, 5.74) is 1.19. The van der Waals surface area contributed by atoms with Gasteiger partial charge in [0, 0.05) is 12.8 Å². The van der Waals surface area contributed by atoms with Gasteiger partial charge in [0.15, 0.2) is 5.11 Å². The van der Waals surface area contributed by atoms with Gasteiger partial charge in [-0.15, -0.1) is 0 Å². The maximum absolute atomic E-state index is 5.29. The molecule has 0 aliphatic carbocycles. The molecule has 96 valence electrons. The van der Waals surface area contributed by atoms with Crippen molar-refractivity contribution in [3.63, 3.8) is 0 Å². The second-order valence-corrected chi connectivity index (χ2v) is 5.19. The Labute approximate surface area is 113 Å². The van der Waals surface area contributed by atoms with Crippen molar-refractivity contribution in [3.05, 3.63) is 29.8 Å². The molecule has 4 heteroatoms. The minimum Gasteiger partial charge on any atom is -0.497 e. The largest absolute Gasteiger partial charge is 0.497 e. The molecule has 0 fully saturated rings. The van der Waals surface area contributed by atoms with Crippen LogP contribution in [0, 0.1) is 5.92 Å². The first-order valence-electron chi connectivity index (χ1n) is 6.10. The zero-order valence-electron chi connectivity index (χ0n) is 11.0. The highest BCUT2D eigenvalue weighted by Gasteiger charge is 2.26. The molecule has 1 heterocycles. The van der Waals surface area contributed by atoms with Crippen molar-refractivity contribution in [2.45, 2.75) is 19.9 Å². The number of rotatable bonds is 4. The van der Waals surface area contributed by atoms with Crippen molar-refractivity contribution in [1.29, 1.82) is 0 Å². The molecule has 0 N–H and O–H groups in total. The summed E-state index contributed by atoms with van der Waals surface area (Å²) in [7, 11) is 1.67. The Morgan fingerprint density at radius 3 is 2.56 bits per heavy atom. The van der Waals surface area contributed by atoms with Crippen LogP contribution in [-0.4, -0.2) is 29.9 Å². The third-order valence-corrected chi connectivity index (χ3v) is 3.27. The summed E-state index contributed by atoms with van der Waals surface area (Å²) in [6, 6.07) is 8.23. The lowest BCUT2D eigenvalue weighted by atomic mass is 10.1. The van der Waals surface area contributed by atoms with Crippen LogP contribution in [-0.2, 0) is 0 Å². The average molecular weight is 262 g/mol. The van der Waals surface area contributed by atoms with Gasteiger partial charge in [-0.2, -0.15) is 0 Å². The molecule has 0 radical (unpaired) electrons. The van der Waals surface area contributed by atoms with Crippen molar-refractivity contribution in [3.8, 4) is 5.75 Å². The molecule has 18 heavy (non-hydrogen) atoms. The predicted octanol–water partition coefficient (Wildman–Crippen LogP) is 3.06. The Morgan fingerprint density at radius 2 is 2.00 bits per heavy atom. The molecule has 3 nitrogen and oxygen atoms in total. The molecule has 0 saturated carbocycles. The molecule has 0 unspecified atom stereocenters. The summed E-state index contributed by atoms with van der Waals surface area (Å²) in [6.07, 6.45) is 1.92. The van der Waals surface area contributed by atoms with E-state index in [0.29, 0.717) is 11.0 Å². The van der Waals surface area contributed by atoms with Crippen molar-refractivity contribution in [1.82, 2.24) is 4.90 Å². The van der Waals surface area contributed by atoms with Gasteiger partial charge >= 0.3 is 0 Å². The van der Waals surface area contributed by atoms with Gasteiger partial charge in [-0.3, -0.25) is 0 Å². The normalized spacial score (nSPS) is 18.8. The van der Waals surface area contributed by atoms with Crippen LogP contribution in [0.25, 0.3) is 0 Å². The van der Waals surface area contributed by atoms with Gasteiger partial charge < -0.3 is 9.64 Å². The number of methoxy groups -OCH3 is 1. The monoisotopic (exact) mass is 262 g/mol. The molecule has 0 amide bonds. The number of benzene rings is 1. The minimum atomic E-state index is 0.158. The fourth-order valence-electron chi connectivity index (χ4n) is 2.06. The Bertz CT molecular complexity index is 453. The summed E-state index contributed by atoms with van der Waals surface area (Å²) >= 11 is 5.29. The third kappa shape index (κ3) is 2.70. The van der Waals surface area contributed by atoms with E-state index in [0.717, 1.165) is 12.3 Å². The highest BCUT2D eigenvalue weighted by Crippen LogP contribution is 2.26. The van der Waals surface area contributed by atoms with Crippen LogP contribution in [0.15, 0.2) is 29.3 Å². The van der Waals surface area contributed by atoms with E-state index >= 15 is 0 Å². The Kier molecular flexibility index (Phi) is 3.97. The number of nitrogens with zero attached hydrogens (tertiary/aromatic N) is 2. The van der Waals surface area contributed by atoms with Crippen LogP contribution < -0.4 is 4.74 Å². The van der Waals surface area contributed by atoms with E-state index in [1.54, 1.807) is 7.11 Å². The third-order valence-electron chi connectivity index (χ3n) is 2.93. The standard InChI is InChI=1S/C14H18N2OS/c1-10(2)9-16-13(8-15-14(16)18)11-4-6-12(17-3)7-5-11/h4-8,10,13H,9H2,1-3H3/t13-/m1/s1. The highest BCUT2D eigenvalue weighted by atomic mass is 32.1. The van der Waals surface area contributed by atoms with Gasteiger partial charge in [0.1, 0.15) is 5.75 Å². The van der Waals surface area contributed by atoms with Gasteiger partial charge in [0.05, 0.1) is 13.2 Å². The van der Waals surface area contributed by atoms with Gasteiger partial charge in [0.2, 0.25) is 0 Å². The molecule has 2 rings (SSSR count). The molecule has 1 aromatic rings. The average Bonchev–Trinajstić information content (AvgIpc) is 2.71. The molecule has 0 spiro atoms. The molecule has 1 aliphatic rings. The molecule has 1 aliphatic heterocycles. The summed E-state index contributed by atoms with van der Waals surface area (Å²) in [4.78, 5) is 6.44. The smallest absolute Gasteiger partial charge is 0.195 e. The van der Waals surface area contributed by atoms with Crippen LogP contribution in [0.3, 0.4) is 0 Å². The molecule has 0 saturated heterocycles. The SMILES string of the molecule is COc1ccc([C@H]2C=NC(=S)N2CC(C)C)cc1. The van der Waals surface area contributed by atoms with E-state index in [1.807, 2.05) is 18.3 Å². The van der Waals surface area contributed by atoms with Crippen LogP contribution in [0.1, 0.15) is 25.5 Å². The molecule has 0 aromatic heterocycles. The second-order valence-electron chi connectivity index (χ2n) is 4.82. The van der Waals surface area contributed by atoms with Gasteiger partial charge in [-0.25, -0.2) is 4.99 Å². The first-order valence-corrected chi connectivity index (χ1v) is 6.51. The fourth-order valence-corrected chi connectivity index (χ4v) is 2.31. The fraction of sp³-hybridized carbons (Fsp3) is 0.429. The van der Waals surface area contributed by atoms with E-state index in [1.165, 1.54) is 5.56 Å². The molecule has 1 aromatic carbocycles. The van der Waals surface area contributed by atoms with E-state index < -0.39 is 0 Å². The lowest BCUT2D eigenvalue weighted by Crippen LogP contribution is -2.31. The van der Waals surface area contributed by atoms with Crippen LogP contribution in [0.2, 0.25) is 0 Å². The van der Waals surface area contributed by atoms with E-state index in [4.69, 9.17) is 17.0 Å². The summed E-state index contributed by atoms with van der Waals surface area (Å²) < 4.78 is 5.17. The molecular formula is C14H18N2OS.